The molecular weight excluding hydrogens is 340 g/mol. The number of hydrogen-bond donors (Lipinski definition) is 0. The van der Waals surface area contributed by atoms with Gasteiger partial charge in [-0.05, 0) is 35.4 Å². The molecule has 0 aliphatic rings. The molecule has 0 aromatic heterocycles. The minimum atomic E-state index is -0.154. The summed E-state index contributed by atoms with van der Waals surface area (Å²) in [5.41, 5.74) is 4.75. The normalized spacial score (nSPS) is 10.6. The summed E-state index contributed by atoms with van der Waals surface area (Å²) in [6, 6.07) is 16.1. The average molecular weight is 366 g/mol. The third-order valence-electron chi connectivity index (χ3n) is 4.16. The van der Waals surface area contributed by atoms with Crippen molar-refractivity contribution in [1.82, 2.24) is 0 Å². The molecule has 0 saturated carbocycles. The van der Waals surface area contributed by atoms with Crippen molar-refractivity contribution in [1.29, 1.82) is 0 Å². The topological polar surface area (TPSA) is 36.9 Å². The van der Waals surface area contributed by atoms with Crippen molar-refractivity contribution in [2.45, 2.75) is 19.3 Å². The Morgan fingerprint density at radius 2 is 1.41 bits per heavy atom. The maximum Gasteiger partial charge on any atom is 0.230 e. The predicted octanol–water partition coefficient (Wildman–Crippen LogP) is 5.20. The van der Waals surface area contributed by atoms with Crippen LogP contribution in [0.4, 0.5) is 0 Å². The fraction of sp³-hybridized carbons (Fsp3) is 0.261. The molecule has 0 amide bonds. The summed E-state index contributed by atoms with van der Waals surface area (Å²) in [5.74, 6) is 1.52. The first kappa shape index (κ1) is 20.4. The van der Waals surface area contributed by atoms with Crippen LogP contribution in [0, 0.1) is 0 Å². The predicted molar refractivity (Wildman–Crippen MR) is 107 cm³/mol. The number of hydrogen-bond acceptors (Lipinski definition) is 4. The molecule has 0 fully saturated rings. The van der Waals surface area contributed by atoms with Gasteiger partial charge in [0.15, 0.2) is 6.79 Å². The average Bonchev–Trinajstić information content (AvgIpc) is 2.69. The Morgan fingerprint density at radius 3 is 1.89 bits per heavy atom. The highest BCUT2D eigenvalue weighted by Gasteiger charge is 2.23. The van der Waals surface area contributed by atoms with Gasteiger partial charge in [-0.3, -0.25) is 0 Å². The second-order valence-corrected chi connectivity index (χ2v) is 6.35. The largest absolute Gasteiger partial charge is 0.468 e. The van der Waals surface area contributed by atoms with Crippen LogP contribution in [-0.2, 0) is 14.9 Å². The molecule has 0 spiro atoms. The van der Waals surface area contributed by atoms with E-state index in [9.17, 15) is 0 Å². The Morgan fingerprint density at radius 1 is 0.889 bits per heavy atom. The molecule has 0 aliphatic carbocycles. The fourth-order valence-corrected chi connectivity index (χ4v) is 2.54. The standard InChI is InChI=1S/C23H26O4/c1-5-15-24-17-26-21-11-7-19(8-12-21)23(3,4)20-9-13-22(14-10-20)27-18-25-16-6-2/h5,7-14,16H,1-2,15,17-18H2,3-4H3. The van der Waals surface area contributed by atoms with E-state index < -0.39 is 0 Å². The smallest absolute Gasteiger partial charge is 0.230 e. The third kappa shape index (κ3) is 6.07. The SMILES string of the molecule is C=C=COCOc1ccc(C(C)(C)c2ccc(OCOCC=C)cc2)cc1. The quantitative estimate of drug-likeness (QED) is 0.180. The van der Waals surface area contributed by atoms with E-state index >= 15 is 0 Å². The third-order valence-corrected chi connectivity index (χ3v) is 4.16. The Kier molecular flexibility index (Phi) is 7.75. The van der Waals surface area contributed by atoms with E-state index in [1.54, 1.807) is 6.08 Å². The van der Waals surface area contributed by atoms with Gasteiger partial charge in [-0.15, -0.1) is 6.58 Å². The monoisotopic (exact) mass is 366 g/mol. The first-order valence-electron chi connectivity index (χ1n) is 8.69. The van der Waals surface area contributed by atoms with Gasteiger partial charge in [-0.25, -0.2) is 0 Å². The molecule has 0 atom stereocenters. The van der Waals surface area contributed by atoms with Gasteiger partial charge in [-0.1, -0.05) is 56.5 Å². The van der Waals surface area contributed by atoms with Crippen molar-refractivity contribution in [3.05, 3.63) is 90.9 Å². The van der Waals surface area contributed by atoms with Crippen molar-refractivity contribution >= 4 is 0 Å². The van der Waals surface area contributed by atoms with E-state index in [0.717, 1.165) is 11.5 Å². The summed E-state index contributed by atoms with van der Waals surface area (Å²) in [7, 11) is 0. The van der Waals surface area contributed by atoms with Crippen molar-refractivity contribution in [3.63, 3.8) is 0 Å². The second kappa shape index (κ2) is 10.3. The minimum absolute atomic E-state index is 0.128. The zero-order valence-corrected chi connectivity index (χ0v) is 15.9. The maximum absolute atomic E-state index is 5.54. The van der Waals surface area contributed by atoms with Crippen LogP contribution in [0.1, 0.15) is 25.0 Å². The molecule has 0 heterocycles. The molecule has 0 bridgehead atoms. The lowest BCUT2D eigenvalue weighted by atomic mass is 9.78. The van der Waals surface area contributed by atoms with E-state index in [2.05, 4.69) is 57.0 Å². The van der Waals surface area contributed by atoms with E-state index in [0.29, 0.717) is 6.61 Å². The van der Waals surface area contributed by atoms with Crippen LogP contribution in [0.25, 0.3) is 0 Å². The van der Waals surface area contributed by atoms with Gasteiger partial charge in [0.25, 0.3) is 0 Å². The molecule has 2 aromatic rings. The van der Waals surface area contributed by atoms with Crippen LogP contribution < -0.4 is 9.47 Å². The van der Waals surface area contributed by atoms with Crippen LogP contribution in [-0.4, -0.2) is 20.2 Å². The maximum atomic E-state index is 5.54. The first-order valence-corrected chi connectivity index (χ1v) is 8.69. The van der Waals surface area contributed by atoms with Gasteiger partial charge in [0, 0.05) is 5.41 Å². The van der Waals surface area contributed by atoms with Crippen molar-refractivity contribution < 1.29 is 18.9 Å². The van der Waals surface area contributed by atoms with Gasteiger partial charge in [0.2, 0.25) is 6.79 Å². The summed E-state index contributed by atoms with van der Waals surface area (Å²) >= 11 is 0. The summed E-state index contributed by atoms with van der Waals surface area (Å²) < 4.78 is 21.3. The molecular formula is C23H26O4. The Bertz CT molecular complexity index is 754. The Balaban J connectivity index is 1.99. The first-order chi connectivity index (χ1) is 13.1. The molecule has 0 unspecified atom stereocenters. The molecule has 0 N–H and O–H groups in total. The molecule has 2 rings (SSSR count). The summed E-state index contributed by atoms with van der Waals surface area (Å²) in [6.07, 6.45) is 3.06. The van der Waals surface area contributed by atoms with E-state index in [-0.39, 0.29) is 19.0 Å². The Hall–Kier alpha value is -2.94. The highest BCUT2D eigenvalue weighted by Crippen LogP contribution is 2.33. The van der Waals surface area contributed by atoms with Crippen molar-refractivity contribution in [2.24, 2.45) is 0 Å². The van der Waals surface area contributed by atoms with Crippen LogP contribution in [0.3, 0.4) is 0 Å². The highest BCUT2D eigenvalue weighted by molar-refractivity contribution is 5.41. The molecule has 2 aromatic carbocycles. The Labute approximate surface area is 161 Å². The lowest BCUT2D eigenvalue weighted by Crippen LogP contribution is -2.18. The van der Waals surface area contributed by atoms with Gasteiger partial charge in [0.05, 0.1) is 6.61 Å². The summed E-state index contributed by atoms with van der Waals surface area (Å²) in [5, 5.41) is 0. The lowest BCUT2D eigenvalue weighted by molar-refractivity contribution is 0.0307. The molecule has 0 aliphatic heterocycles. The zero-order valence-electron chi connectivity index (χ0n) is 15.9. The molecule has 27 heavy (non-hydrogen) atoms. The summed E-state index contributed by atoms with van der Waals surface area (Å²) in [4.78, 5) is 0. The fourth-order valence-electron chi connectivity index (χ4n) is 2.54. The molecule has 0 saturated heterocycles. The number of benzene rings is 2. The zero-order chi connectivity index (χ0) is 19.5. The van der Waals surface area contributed by atoms with Crippen LogP contribution >= 0.6 is 0 Å². The van der Waals surface area contributed by atoms with E-state index in [1.165, 1.54) is 17.4 Å². The minimum Gasteiger partial charge on any atom is -0.468 e. The van der Waals surface area contributed by atoms with Gasteiger partial charge >= 0.3 is 0 Å². The van der Waals surface area contributed by atoms with Crippen molar-refractivity contribution in [2.75, 3.05) is 20.2 Å². The van der Waals surface area contributed by atoms with E-state index in [4.69, 9.17) is 18.9 Å². The van der Waals surface area contributed by atoms with Crippen LogP contribution in [0.5, 0.6) is 11.5 Å². The van der Waals surface area contributed by atoms with Gasteiger partial charge in [-0.2, -0.15) is 0 Å². The lowest BCUT2D eigenvalue weighted by Gasteiger charge is -2.26. The van der Waals surface area contributed by atoms with Gasteiger partial charge in [0.1, 0.15) is 17.8 Å². The van der Waals surface area contributed by atoms with Gasteiger partial charge < -0.3 is 18.9 Å². The molecule has 0 radical (unpaired) electrons. The number of ether oxygens (including phenoxy) is 4. The number of rotatable bonds is 11. The molecule has 4 heteroatoms. The molecule has 4 nitrogen and oxygen atoms in total. The van der Waals surface area contributed by atoms with Crippen LogP contribution in [0.2, 0.25) is 0 Å². The highest BCUT2D eigenvalue weighted by atomic mass is 16.7. The second-order valence-electron chi connectivity index (χ2n) is 6.35. The summed E-state index contributed by atoms with van der Waals surface area (Å²) in [6.45, 7) is 12.2. The molecule has 142 valence electrons. The van der Waals surface area contributed by atoms with Crippen molar-refractivity contribution in [3.8, 4) is 11.5 Å². The van der Waals surface area contributed by atoms with E-state index in [1.807, 2.05) is 24.3 Å². The van der Waals surface area contributed by atoms with Crippen LogP contribution in [0.15, 0.2) is 79.8 Å².